The van der Waals surface area contributed by atoms with Crippen LogP contribution in [0.25, 0.3) is 0 Å². The van der Waals surface area contributed by atoms with Crippen molar-refractivity contribution in [3.8, 4) is 0 Å². The molecule has 2 rings (SSSR count). The molecule has 25 heavy (non-hydrogen) atoms. The van der Waals surface area contributed by atoms with Crippen LogP contribution in [-0.4, -0.2) is 15.7 Å². The standard InChI is InChI=1S/C12H4BrClF7N3O/c1-24-9(3(14)10(23-24)12(19,20)21)11(25)22-8-6(17)4(15)2(13)5(16)7(8)18/h1H3,(H,22,25). The third kappa shape index (κ3) is 3.32. The molecule has 0 saturated heterocycles. The molecule has 0 aliphatic heterocycles. The number of rotatable bonds is 2. The summed E-state index contributed by atoms with van der Waals surface area (Å²) in [7, 11) is 0.908. The molecule has 1 aromatic carbocycles. The van der Waals surface area contributed by atoms with Crippen molar-refractivity contribution in [1.29, 1.82) is 0 Å². The smallest absolute Gasteiger partial charge is 0.315 e. The summed E-state index contributed by atoms with van der Waals surface area (Å²) < 4.78 is 91.6. The minimum atomic E-state index is -5.00. The van der Waals surface area contributed by atoms with Crippen LogP contribution in [0.3, 0.4) is 0 Å². The monoisotopic (exact) mass is 453 g/mol. The van der Waals surface area contributed by atoms with Gasteiger partial charge in [-0.25, -0.2) is 17.6 Å². The Morgan fingerprint density at radius 2 is 1.60 bits per heavy atom. The van der Waals surface area contributed by atoms with Gasteiger partial charge in [0.05, 0.1) is 4.47 Å². The fourth-order valence-corrected chi connectivity index (χ4v) is 2.51. The fraction of sp³-hybridized carbons (Fsp3) is 0.167. The minimum absolute atomic E-state index is 0.405. The van der Waals surface area contributed by atoms with E-state index >= 15 is 0 Å². The van der Waals surface area contributed by atoms with Crippen molar-refractivity contribution in [2.24, 2.45) is 7.05 Å². The summed E-state index contributed by atoms with van der Waals surface area (Å²) in [6, 6.07) is 0. The number of hydrogen-bond acceptors (Lipinski definition) is 2. The van der Waals surface area contributed by atoms with Gasteiger partial charge in [-0.05, 0) is 15.9 Å². The highest BCUT2D eigenvalue weighted by Crippen LogP contribution is 2.36. The van der Waals surface area contributed by atoms with Gasteiger partial charge < -0.3 is 5.32 Å². The number of alkyl halides is 3. The minimum Gasteiger partial charge on any atom is -0.315 e. The molecule has 0 bridgehead atoms. The zero-order chi connectivity index (χ0) is 19.3. The quantitative estimate of drug-likeness (QED) is 0.408. The molecule has 1 amide bonds. The SMILES string of the molecule is Cn1nc(C(F)(F)F)c(Cl)c1C(=O)Nc1c(F)c(F)c(Br)c(F)c1F. The number of nitrogens with zero attached hydrogens (tertiary/aromatic N) is 2. The van der Waals surface area contributed by atoms with Crippen LogP contribution in [0.1, 0.15) is 16.2 Å². The molecule has 136 valence electrons. The maximum atomic E-state index is 13.7. The maximum Gasteiger partial charge on any atom is 0.436 e. The van der Waals surface area contributed by atoms with Gasteiger partial charge in [-0.3, -0.25) is 9.48 Å². The molecule has 1 N–H and O–H groups in total. The normalized spacial score (nSPS) is 11.8. The van der Waals surface area contributed by atoms with E-state index < -0.39 is 61.9 Å². The lowest BCUT2D eigenvalue weighted by Crippen LogP contribution is -2.19. The van der Waals surface area contributed by atoms with E-state index in [0.29, 0.717) is 4.68 Å². The third-order valence-corrected chi connectivity index (χ3v) is 3.98. The number of aromatic nitrogens is 2. The van der Waals surface area contributed by atoms with Gasteiger partial charge in [-0.15, -0.1) is 0 Å². The predicted octanol–water partition coefficient (Wildman–Crippen LogP) is 4.66. The first kappa shape index (κ1) is 19.5. The molecular weight excluding hydrogens is 450 g/mol. The molecule has 0 atom stereocenters. The van der Waals surface area contributed by atoms with Gasteiger partial charge >= 0.3 is 6.18 Å². The van der Waals surface area contributed by atoms with E-state index in [0.717, 1.165) is 7.05 Å². The average molecular weight is 455 g/mol. The van der Waals surface area contributed by atoms with Gasteiger partial charge in [0.15, 0.2) is 29.0 Å². The van der Waals surface area contributed by atoms with Gasteiger partial charge in [0.25, 0.3) is 5.91 Å². The van der Waals surface area contributed by atoms with Crippen LogP contribution in [-0.2, 0) is 13.2 Å². The summed E-state index contributed by atoms with van der Waals surface area (Å²) in [5.41, 5.74) is -4.07. The Hall–Kier alpha value is -1.82. The highest BCUT2D eigenvalue weighted by atomic mass is 79.9. The number of carbonyl (C=O) groups excluding carboxylic acids is 1. The number of aryl methyl sites for hydroxylation is 1. The molecule has 4 nitrogen and oxygen atoms in total. The van der Waals surface area contributed by atoms with E-state index in [4.69, 9.17) is 11.6 Å². The molecule has 0 radical (unpaired) electrons. The Bertz CT molecular complexity index is 852. The molecule has 1 heterocycles. The van der Waals surface area contributed by atoms with Crippen LogP contribution in [0.4, 0.5) is 36.4 Å². The number of benzene rings is 1. The fourth-order valence-electron chi connectivity index (χ4n) is 1.81. The second-order valence-corrected chi connectivity index (χ2v) is 5.70. The number of carbonyl (C=O) groups is 1. The predicted molar refractivity (Wildman–Crippen MR) is 75.1 cm³/mol. The Morgan fingerprint density at radius 3 is 2.00 bits per heavy atom. The summed E-state index contributed by atoms with van der Waals surface area (Å²) in [4.78, 5) is 12.0. The van der Waals surface area contributed by atoms with Gasteiger partial charge in [0, 0.05) is 7.05 Å². The first-order chi connectivity index (χ1) is 11.4. The van der Waals surface area contributed by atoms with Crippen molar-refractivity contribution in [1.82, 2.24) is 9.78 Å². The van der Waals surface area contributed by atoms with Crippen LogP contribution < -0.4 is 5.32 Å². The third-order valence-electron chi connectivity index (χ3n) is 2.92. The highest BCUT2D eigenvalue weighted by Gasteiger charge is 2.40. The van der Waals surface area contributed by atoms with Gasteiger partial charge in [0.1, 0.15) is 16.4 Å². The van der Waals surface area contributed by atoms with Crippen molar-refractivity contribution in [3.63, 3.8) is 0 Å². The summed E-state index contributed by atoms with van der Waals surface area (Å²) in [6.07, 6.45) is -5.00. The van der Waals surface area contributed by atoms with Crippen LogP contribution in [0, 0.1) is 23.3 Å². The molecule has 0 unspecified atom stereocenters. The summed E-state index contributed by atoms with van der Waals surface area (Å²) in [6.45, 7) is 0. The summed E-state index contributed by atoms with van der Waals surface area (Å²) in [5, 5.41) is 3.29. The van der Waals surface area contributed by atoms with Crippen LogP contribution in [0.2, 0.25) is 5.02 Å². The number of amides is 1. The van der Waals surface area contributed by atoms with Crippen molar-refractivity contribution in [2.75, 3.05) is 5.32 Å². The molecule has 13 heteroatoms. The molecule has 0 fully saturated rings. The van der Waals surface area contributed by atoms with Gasteiger partial charge in [0.2, 0.25) is 0 Å². The van der Waals surface area contributed by atoms with Crippen LogP contribution in [0.5, 0.6) is 0 Å². The molecule has 0 aliphatic rings. The Balaban J connectivity index is 2.51. The van der Waals surface area contributed by atoms with Gasteiger partial charge in [-0.2, -0.15) is 18.3 Å². The van der Waals surface area contributed by atoms with Crippen molar-refractivity contribution in [2.45, 2.75) is 6.18 Å². The summed E-state index contributed by atoms with van der Waals surface area (Å²) in [5.74, 6) is -9.18. The second kappa shape index (κ2) is 6.48. The van der Waals surface area contributed by atoms with Crippen molar-refractivity contribution >= 4 is 39.1 Å². The molecule has 2 aromatic rings. The second-order valence-electron chi connectivity index (χ2n) is 4.53. The van der Waals surface area contributed by atoms with Crippen molar-refractivity contribution < 1.29 is 35.5 Å². The number of halogens is 9. The lowest BCUT2D eigenvalue weighted by Gasteiger charge is -2.10. The number of hydrogen-bond donors (Lipinski definition) is 1. The van der Waals surface area contributed by atoms with Crippen LogP contribution >= 0.6 is 27.5 Å². The molecule has 0 saturated carbocycles. The lowest BCUT2D eigenvalue weighted by molar-refractivity contribution is -0.141. The zero-order valence-corrected chi connectivity index (χ0v) is 14.0. The first-order valence-electron chi connectivity index (χ1n) is 6.00. The van der Waals surface area contributed by atoms with E-state index in [9.17, 15) is 35.5 Å². The summed E-state index contributed by atoms with van der Waals surface area (Å²) >= 11 is 7.71. The number of anilines is 1. The van der Waals surface area contributed by atoms with E-state index in [1.165, 1.54) is 5.32 Å². The van der Waals surface area contributed by atoms with E-state index in [2.05, 4.69) is 21.0 Å². The maximum absolute atomic E-state index is 13.7. The topological polar surface area (TPSA) is 46.9 Å². The van der Waals surface area contributed by atoms with Gasteiger partial charge in [-0.1, -0.05) is 11.6 Å². The molecule has 0 aliphatic carbocycles. The average Bonchev–Trinajstić information content (AvgIpc) is 2.82. The van der Waals surface area contributed by atoms with Crippen molar-refractivity contribution in [3.05, 3.63) is 44.2 Å². The Morgan fingerprint density at radius 1 is 1.12 bits per heavy atom. The largest absolute Gasteiger partial charge is 0.436 e. The van der Waals surface area contributed by atoms with E-state index in [1.807, 2.05) is 0 Å². The highest BCUT2D eigenvalue weighted by molar-refractivity contribution is 9.10. The first-order valence-corrected chi connectivity index (χ1v) is 7.17. The number of nitrogens with one attached hydrogen (secondary N) is 1. The Kier molecular flexibility index (Phi) is 5.06. The Labute approximate surface area is 147 Å². The molecular formula is C12H4BrClF7N3O. The zero-order valence-electron chi connectivity index (χ0n) is 11.7. The van der Waals surface area contributed by atoms with E-state index in [-0.39, 0.29) is 0 Å². The van der Waals surface area contributed by atoms with E-state index in [1.54, 1.807) is 0 Å². The molecule has 0 spiro atoms. The molecule has 1 aromatic heterocycles. The lowest BCUT2D eigenvalue weighted by atomic mass is 10.2. The van der Waals surface area contributed by atoms with Crippen LogP contribution in [0.15, 0.2) is 4.47 Å².